The van der Waals surface area contributed by atoms with E-state index in [0.717, 1.165) is 19.6 Å². The van der Waals surface area contributed by atoms with Crippen molar-refractivity contribution in [1.29, 1.82) is 0 Å². The first-order valence-electron chi connectivity index (χ1n) is 7.82. The third-order valence-corrected chi connectivity index (χ3v) is 4.38. The van der Waals surface area contributed by atoms with Crippen molar-refractivity contribution in [3.8, 4) is 0 Å². The molecule has 1 heterocycles. The lowest BCUT2D eigenvalue weighted by atomic mass is 10.2. The van der Waals surface area contributed by atoms with Gasteiger partial charge in [-0.25, -0.2) is 0 Å². The van der Waals surface area contributed by atoms with Gasteiger partial charge in [-0.1, -0.05) is 25.7 Å². The molecule has 0 unspecified atom stereocenters. The number of amides is 1. The van der Waals surface area contributed by atoms with Gasteiger partial charge >= 0.3 is 0 Å². The van der Waals surface area contributed by atoms with Gasteiger partial charge in [-0.2, -0.15) is 11.8 Å². The van der Waals surface area contributed by atoms with Gasteiger partial charge in [-0.05, 0) is 44.2 Å². The third-order valence-electron chi connectivity index (χ3n) is 3.69. The van der Waals surface area contributed by atoms with Crippen molar-refractivity contribution < 1.29 is 4.79 Å². The number of rotatable bonds is 9. The highest BCUT2D eigenvalue weighted by molar-refractivity contribution is 7.98. The Balaban J connectivity index is 1.94. The highest BCUT2D eigenvalue weighted by Crippen LogP contribution is 2.09. The molecule has 1 N–H and O–H groups in total. The Morgan fingerprint density at radius 2 is 1.74 bits per heavy atom. The smallest absolute Gasteiger partial charge is 0.236 e. The summed E-state index contributed by atoms with van der Waals surface area (Å²) in [6.45, 7) is 3.45. The van der Waals surface area contributed by atoms with Crippen molar-refractivity contribution in [2.75, 3.05) is 38.2 Å². The summed E-state index contributed by atoms with van der Waals surface area (Å²) in [5.74, 6) is 1.57. The van der Waals surface area contributed by atoms with E-state index in [2.05, 4.69) is 11.6 Å². The molecule has 1 saturated heterocycles. The SMILES string of the molecule is CSCCCCCCNCC(=O)N1CCCCCC1. The number of hydrogen-bond acceptors (Lipinski definition) is 3. The minimum absolute atomic E-state index is 0.296. The van der Waals surface area contributed by atoms with Crippen LogP contribution in [0.25, 0.3) is 0 Å². The number of carbonyl (C=O) groups is 1. The lowest BCUT2D eigenvalue weighted by Gasteiger charge is -2.20. The number of nitrogens with zero attached hydrogens (tertiary/aromatic N) is 1. The molecule has 1 aliphatic rings. The van der Waals surface area contributed by atoms with Gasteiger partial charge in [0, 0.05) is 13.1 Å². The van der Waals surface area contributed by atoms with E-state index in [1.807, 2.05) is 16.7 Å². The number of unbranched alkanes of at least 4 members (excludes halogenated alkanes) is 3. The van der Waals surface area contributed by atoms with E-state index in [-0.39, 0.29) is 0 Å². The molecule has 0 atom stereocenters. The van der Waals surface area contributed by atoms with Crippen molar-refractivity contribution in [3.63, 3.8) is 0 Å². The van der Waals surface area contributed by atoms with Crippen LogP contribution in [-0.4, -0.2) is 49.0 Å². The molecule has 0 aromatic carbocycles. The summed E-state index contributed by atoms with van der Waals surface area (Å²) in [4.78, 5) is 14.0. The molecule has 19 heavy (non-hydrogen) atoms. The zero-order valence-electron chi connectivity index (χ0n) is 12.5. The van der Waals surface area contributed by atoms with E-state index in [9.17, 15) is 4.79 Å². The Hall–Kier alpha value is -0.220. The fourth-order valence-electron chi connectivity index (χ4n) is 2.48. The monoisotopic (exact) mass is 286 g/mol. The van der Waals surface area contributed by atoms with Gasteiger partial charge in [-0.15, -0.1) is 0 Å². The Bertz CT molecular complexity index is 228. The number of nitrogens with one attached hydrogen (secondary N) is 1. The maximum Gasteiger partial charge on any atom is 0.236 e. The first-order chi connectivity index (χ1) is 9.34. The van der Waals surface area contributed by atoms with Crippen LogP contribution in [0.2, 0.25) is 0 Å². The molecular formula is C15H30N2OS. The summed E-state index contributed by atoms with van der Waals surface area (Å²) in [5, 5.41) is 3.30. The van der Waals surface area contributed by atoms with E-state index < -0.39 is 0 Å². The summed E-state index contributed by atoms with van der Waals surface area (Å²) in [7, 11) is 0. The van der Waals surface area contributed by atoms with Crippen LogP contribution < -0.4 is 5.32 Å². The van der Waals surface area contributed by atoms with Gasteiger partial charge in [0.1, 0.15) is 0 Å². The summed E-state index contributed by atoms with van der Waals surface area (Å²) in [6, 6.07) is 0. The average molecular weight is 286 g/mol. The number of thioether (sulfide) groups is 1. The zero-order chi connectivity index (χ0) is 13.8. The first-order valence-corrected chi connectivity index (χ1v) is 9.21. The Labute approximate surface area is 122 Å². The molecule has 0 aromatic heterocycles. The van der Waals surface area contributed by atoms with Crippen molar-refractivity contribution in [3.05, 3.63) is 0 Å². The van der Waals surface area contributed by atoms with Gasteiger partial charge < -0.3 is 10.2 Å². The third kappa shape index (κ3) is 8.53. The van der Waals surface area contributed by atoms with Gasteiger partial charge in [-0.3, -0.25) is 4.79 Å². The molecule has 3 nitrogen and oxygen atoms in total. The predicted molar refractivity (Wildman–Crippen MR) is 84.8 cm³/mol. The van der Waals surface area contributed by atoms with Crippen LogP contribution in [-0.2, 0) is 4.79 Å². The van der Waals surface area contributed by atoms with E-state index in [4.69, 9.17) is 0 Å². The van der Waals surface area contributed by atoms with Crippen molar-refractivity contribution in [2.45, 2.75) is 51.4 Å². The minimum Gasteiger partial charge on any atom is -0.342 e. The Morgan fingerprint density at radius 1 is 1.05 bits per heavy atom. The summed E-state index contributed by atoms with van der Waals surface area (Å²) in [5.41, 5.74) is 0. The molecule has 0 bridgehead atoms. The molecular weight excluding hydrogens is 256 g/mol. The number of carbonyl (C=O) groups excluding carboxylic acids is 1. The van der Waals surface area contributed by atoms with Crippen LogP contribution in [0.3, 0.4) is 0 Å². The minimum atomic E-state index is 0.296. The van der Waals surface area contributed by atoms with E-state index in [0.29, 0.717) is 12.5 Å². The van der Waals surface area contributed by atoms with Gasteiger partial charge in [0.25, 0.3) is 0 Å². The van der Waals surface area contributed by atoms with E-state index >= 15 is 0 Å². The predicted octanol–water partition coefficient (Wildman–Crippen LogP) is 2.90. The maximum absolute atomic E-state index is 12.0. The zero-order valence-corrected chi connectivity index (χ0v) is 13.3. The second kappa shape index (κ2) is 11.6. The molecule has 1 amide bonds. The lowest BCUT2D eigenvalue weighted by Crippen LogP contribution is -2.38. The molecule has 0 radical (unpaired) electrons. The molecule has 1 aliphatic heterocycles. The highest BCUT2D eigenvalue weighted by atomic mass is 32.2. The molecule has 112 valence electrons. The summed E-state index contributed by atoms with van der Waals surface area (Å²) in [6.07, 6.45) is 12.2. The van der Waals surface area contributed by atoms with Crippen LogP contribution in [0.1, 0.15) is 51.4 Å². The molecule has 0 saturated carbocycles. The van der Waals surface area contributed by atoms with Crippen molar-refractivity contribution in [1.82, 2.24) is 10.2 Å². The quantitative estimate of drug-likeness (QED) is 0.662. The fraction of sp³-hybridized carbons (Fsp3) is 0.933. The average Bonchev–Trinajstić information content (AvgIpc) is 2.70. The van der Waals surface area contributed by atoms with Crippen LogP contribution in [0, 0.1) is 0 Å². The van der Waals surface area contributed by atoms with E-state index in [1.54, 1.807) is 0 Å². The summed E-state index contributed by atoms with van der Waals surface area (Å²) >= 11 is 1.93. The van der Waals surface area contributed by atoms with Crippen molar-refractivity contribution >= 4 is 17.7 Å². The van der Waals surface area contributed by atoms with Crippen LogP contribution >= 0.6 is 11.8 Å². The highest BCUT2D eigenvalue weighted by Gasteiger charge is 2.14. The largest absolute Gasteiger partial charge is 0.342 e. The summed E-state index contributed by atoms with van der Waals surface area (Å²) < 4.78 is 0. The standard InChI is InChI=1S/C15H30N2OS/c1-19-13-9-5-2-6-10-16-14-15(18)17-11-7-3-4-8-12-17/h16H,2-14H2,1H3. The van der Waals surface area contributed by atoms with Crippen LogP contribution in [0.4, 0.5) is 0 Å². The van der Waals surface area contributed by atoms with Crippen LogP contribution in [0.15, 0.2) is 0 Å². The molecule has 0 spiro atoms. The normalized spacial score (nSPS) is 16.4. The fourth-order valence-corrected chi connectivity index (χ4v) is 2.97. The van der Waals surface area contributed by atoms with Crippen LogP contribution in [0.5, 0.6) is 0 Å². The molecule has 1 rings (SSSR count). The second-order valence-electron chi connectivity index (χ2n) is 5.38. The molecule has 0 aliphatic carbocycles. The topological polar surface area (TPSA) is 32.3 Å². The van der Waals surface area contributed by atoms with Crippen molar-refractivity contribution in [2.24, 2.45) is 0 Å². The first kappa shape index (κ1) is 16.8. The number of hydrogen-bond donors (Lipinski definition) is 1. The van der Waals surface area contributed by atoms with Gasteiger partial charge in [0.2, 0.25) is 5.91 Å². The van der Waals surface area contributed by atoms with E-state index in [1.165, 1.54) is 57.1 Å². The van der Waals surface area contributed by atoms with Gasteiger partial charge in [0.15, 0.2) is 0 Å². The second-order valence-corrected chi connectivity index (χ2v) is 6.36. The van der Waals surface area contributed by atoms with Gasteiger partial charge in [0.05, 0.1) is 6.54 Å². The Morgan fingerprint density at radius 3 is 2.42 bits per heavy atom. The maximum atomic E-state index is 12.0. The lowest BCUT2D eigenvalue weighted by molar-refractivity contribution is -0.130. The number of likely N-dealkylation sites (tertiary alicyclic amines) is 1. The Kier molecular flexibility index (Phi) is 10.3. The molecule has 1 fully saturated rings. The molecule has 4 heteroatoms. The molecule has 0 aromatic rings.